The molecule has 0 aromatic heterocycles. The third-order valence-electron chi connectivity index (χ3n) is 4.54. The Labute approximate surface area is 145 Å². The van der Waals surface area contributed by atoms with Crippen molar-refractivity contribution < 1.29 is 16.8 Å². The van der Waals surface area contributed by atoms with E-state index in [0.29, 0.717) is 11.6 Å². The maximum absolute atomic E-state index is 12.1. The maximum Gasteiger partial charge on any atom is 0.177 e. The van der Waals surface area contributed by atoms with Crippen LogP contribution in [0, 0.1) is 5.92 Å². The average Bonchev–Trinajstić information content (AvgIpc) is 2.47. The van der Waals surface area contributed by atoms with Crippen LogP contribution in [-0.4, -0.2) is 68.0 Å². The number of hydrogen-bond acceptors (Lipinski definition) is 6. The molecule has 1 heterocycles. The van der Waals surface area contributed by atoms with E-state index in [0.717, 1.165) is 45.0 Å². The topological polar surface area (TPSA) is 74.8 Å². The minimum Gasteiger partial charge on any atom is -0.373 e. The van der Waals surface area contributed by atoms with Gasteiger partial charge in [-0.2, -0.15) is 0 Å². The number of nitrogens with zero attached hydrogens (tertiary/aromatic N) is 2. The third kappa shape index (κ3) is 4.70. The quantitative estimate of drug-likeness (QED) is 0.773. The highest BCUT2D eigenvalue weighted by Crippen LogP contribution is 2.29. The molecule has 1 aromatic carbocycles. The van der Waals surface area contributed by atoms with E-state index in [1.807, 2.05) is 11.9 Å². The first-order chi connectivity index (χ1) is 11.0. The van der Waals surface area contributed by atoms with Crippen LogP contribution < -0.4 is 4.90 Å². The Morgan fingerprint density at radius 3 is 2.17 bits per heavy atom. The van der Waals surface area contributed by atoms with Crippen LogP contribution in [0.2, 0.25) is 0 Å². The molecule has 0 unspecified atom stereocenters. The first kappa shape index (κ1) is 19.2. The molecule has 8 heteroatoms. The standard InChI is InChI=1S/C16H26N2O4S2/c1-17-9-7-13(8-10-17)12-18(2)15-6-5-14(23(3,19)20)11-16(15)24(4,21)22/h5-6,11,13H,7-10,12H2,1-4H3. The SMILES string of the molecule is CN1CCC(CN(C)c2ccc(S(C)(=O)=O)cc2S(C)(=O)=O)CC1. The van der Waals surface area contributed by atoms with Gasteiger partial charge in [0, 0.05) is 26.1 Å². The molecule has 0 bridgehead atoms. The van der Waals surface area contributed by atoms with Crippen molar-refractivity contribution in [2.75, 3.05) is 51.1 Å². The van der Waals surface area contributed by atoms with Crippen molar-refractivity contribution in [2.45, 2.75) is 22.6 Å². The molecule has 0 spiro atoms. The smallest absolute Gasteiger partial charge is 0.177 e. The summed E-state index contributed by atoms with van der Waals surface area (Å²) in [6.07, 6.45) is 4.35. The maximum atomic E-state index is 12.1. The number of piperidine rings is 1. The highest BCUT2D eigenvalue weighted by molar-refractivity contribution is 7.91. The number of benzene rings is 1. The van der Waals surface area contributed by atoms with Gasteiger partial charge in [0.05, 0.1) is 15.5 Å². The molecule has 0 aliphatic carbocycles. The summed E-state index contributed by atoms with van der Waals surface area (Å²) in [5, 5.41) is 0. The monoisotopic (exact) mass is 374 g/mol. The summed E-state index contributed by atoms with van der Waals surface area (Å²) >= 11 is 0. The summed E-state index contributed by atoms with van der Waals surface area (Å²) in [7, 11) is -3.01. The van der Waals surface area contributed by atoms with Gasteiger partial charge in [0.2, 0.25) is 0 Å². The van der Waals surface area contributed by atoms with Crippen LogP contribution in [0.25, 0.3) is 0 Å². The van der Waals surface area contributed by atoms with E-state index in [-0.39, 0.29) is 9.79 Å². The second kappa shape index (κ2) is 7.01. The predicted octanol–water partition coefficient (Wildman–Crippen LogP) is 1.27. The Morgan fingerprint density at radius 1 is 1.08 bits per heavy atom. The van der Waals surface area contributed by atoms with Crippen LogP contribution in [0.5, 0.6) is 0 Å². The summed E-state index contributed by atoms with van der Waals surface area (Å²) in [5.41, 5.74) is 0.559. The molecule has 6 nitrogen and oxygen atoms in total. The molecule has 1 saturated heterocycles. The van der Waals surface area contributed by atoms with E-state index in [9.17, 15) is 16.8 Å². The number of hydrogen-bond donors (Lipinski definition) is 0. The minimum atomic E-state index is -3.53. The van der Waals surface area contributed by atoms with Crippen molar-refractivity contribution in [1.82, 2.24) is 4.90 Å². The van der Waals surface area contributed by atoms with Gasteiger partial charge in [-0.15, -0.1) is 0 Å². The average molecular weight is 375 g/mol. The Morgan fingerprint density at radius 2 is 1.67 bits per heavy atom. The van der Waals surface area contributed by atoms with E-state index in [4.69, 9.17) is 0 Å². The number of rotatable bonds is 5. The van der Waals surface area contributed by atoms with Crippen molar-refractivity contribution in [1.29, 1.82) is 0 Å². The molecule has 24 heavy (non-hydrogen) atoms. The van der Waals surface area contributed by atoms with E-state index in [1.54, 1.807) is 6.07 Å². The van der Waals surface area contributed by atoms with Gasteiger partial charge < -0.3 is 9.80 Å². The van der Waals surface area contributed by atoms with Crippen LogP contribution in [-0.2, 0) is 19.7 Å². The zero-order valence-corrected chi connectivity index (χ0v) is 16.3. The van der Waals surface area contributed by atoms with Gasteiger partial charge in [0.1, 0.15) is 0 Å². The molecule has 0 saturated carbocycles. The summed E-state index contributed by atoms with van der Waals surface area (Å²) in [6, 6.07) is 4.34. The molecule has 0 atom stereocenters. The highest BCUT2D eigenvalue weighted by Gasteiger charge is 2.23. The van der Waals surface area contributed by atoms with E-state index >= 15 is 0 Å². The molecule has 0 amide bonds. The third-order valence-corrected chi connectivity index (χ3v) is 6.78. The fourth-order valence-corrected chi connectivity index (χ4v) is 4.73. The van der Waals surface area contributed by atoms with E-state index in [1.165, 1.54) is 12.1 Å². The molecule has 0 N–H and O–H groups in total. The molecule has 1 fully saturated rings. The van der Waals surface area contributed by atoms with Crippen molar-refractivity contribution in [3.63, 3.8) is 0 Å². The summed E-state index contributed by atoms with van der Waals surface area (Å²) in [6.45, 7) is 2.85. The molecule has 1 aromatic rings. The Hall–Kier alpha value is -1.12. The molecule has 0 radical (unpaired) electrons. The molecular formula is C16H26N2O4S2. The van der Waals surface area contributed by atoms with Crippen molar-refractivity contribution in [2.24, 2.45) is 5.92 Å². The van der Waals surface area contributed by atoms with Crippen molar-refractivity contribution in [3.8, 4) is 0 Å². The second-order valence-corrected chi connectivity index (χ2v) is 10.8. The molecule has 1 aliphatic rings. The summed E-state index contributed by atoms with van der Waals surface area (Å²) in [5.74, 6) is 0.508. The number of likely N-dealkylation sites (tertiary alicyclic amines) is 1. The largest absolute Gasteiger partial charge is 0.373 e. The lowest BCUT2D eigenvalue weighted by Gasteiger charge is -2.33. The summed E-state index contributed by atoms with van der Waals surface area (Å²) in [4.78, 5) is 4.32. The van der Waals surface area contributed by atoms with Crippen molar-refractivity contribution in [3.05, 3.63) is 18.2 Å². The lowest BCUT2D eigenvalue weighted by Crippen LogP contribution is -2.36. The van der Waals surface area contributed by atoms with Gasteiger partial charge >= 0.3 is 0 Å². The molecule has 1 aliphatic heterocycles. The van der Waals surface area contributed by atoms with Crippen LogP contribution in [0.1, 0.15) is 12.8 Å². The van der Waals surface area contributed by atoms with Gasteiger partial charge in [0.25, 0.3) is 0 Å². The fourth-order valence-electron chi connectivity index (χ4n) is 3.07. The zero-order chi connectivity index (χ0) is 18.1. The van der Waals surface area contributed by atoms with Crippen LogP contribution >= 0.6 is 0 Å². The van der Waals surface area contributed by atoms with Gasteiger partial charge in [-0.3, -0.25) is 0 Å². The number of sulfone groups is 2. The molecular weight excluding hydrogens is 348 g/mol. The lowest BCUT2D eigenvalue weighted by atomic mass is 9.96. The first-order valence-electron chi connectivity index (χ1n) is 7.92. The van der Waals surface area contributed by atoms with Gasteiger partial charge in [0.15, 0.2) is 19.7 Å². The Balaban J connectivity index is 2.31. The number of anilines is 1. The van der Waals surface area contributed by atoms with Crippen LogP contribution in [0.4, 0.5) is 5.69 Å². The normalized spacial score (nSPS) is 17.8. The Bertz CT molecular complexity index is 795. The predicted molar refractivity (Wildman–Crippen MR) is 96.2 cm³/mol. The fraction of sp³-hybridized carbons (Fsp3) is 0.625. The molecule has 2 rings (SSSR count). The molecule has 136 valence electrons. The minimum absolute atomic E-state index is 0.0272. The second-order valence-electron chi connectivity index (χ2n) is 6.80. The highest BCUT2D eigenvalue weighted by atomic mass is 32.2. The lowest BCUT2D eigenvalue weighted by molar-refractivity contribution is 0.222. The van der Waals surface area contributed by atoms with Gasteiger partial charge in [-0.1, -0.05) is 0 Å². The van der Waals surface area contributed by atoms with Gasteiger partial charge in [-0.05, 0) is 57.1 Å². The van der Waals surface area contributed by atoms with Crippen LogP contribution in [0.15, 0.2) is 28.0 Å². The van der Waals surface area contributed by atoms with Crippen molar-refractivity contribution >= 4 is 25.4 Å². The summed E-state index contributed by atoms with van der Waals surface area (Å²) < 4.78 is 47.7. The van der Waals surface area contributed by atoms with Crippen LogP contribution in [0.3, 0.4) is 0 Å². The van der Waals surface area contributed by atoms with Gasteiger partial charge in [-0.25, -0.2) is 16.8 Å². The first-order valence-corrected chi connectivity index (χ1v) is 11.7. The Kier molecular flexibility index (Phi) is 5.61. The van der Waals surface area contributed by atoms with E-state index in [2.05, 4.69) is 11.9 Å². The van der Waals surface area contributed by atoms with E-state index < -0.39 is 19.7 Å². The zero-order valence-electron chi connectivity index (χ0n) is 14.7.